The maximum Gasteiger partial charge on any atom is 0.325 e. The molecule has 1 aliphatic heterocycles. The zero-order valence-corrected chi connectivity index (χ0v) is 20.5. The van der Waals surface area contributed by atoms with Crippen LogP contribution in [-0.2, 0) is 11.2 Å². The van der Waals surface area contributed by atoms with Crippen molar-refractivity contribution in [3.63, 3.8) is 0 Å². The van der Waals surface area contributed by atoms with Crippen molar-refractivity contribution in [2.75, 3.05) is 26.2 Å². The van der Waals surface area contributed by atoms with Gasteiger partial charge in [0.05, 0.1) is 0 Å². The molecule has 0 aromatic heterocycles. The molecule has 0 bridgehead atoms. The standard InChI is InChI=1S/C21H32FN5O2.HI/c1-5-21(4)18(28)27(20(29)26-21)13-7-11-24-19(23-6-2)25-12-10-16-8-9-17(22)14-15(16)3;/h8-9,14H,5-7,10-13H2,1-4H3,(H,26,29)(H2,23,24,25);1H. The van der Waals surface area contributed by atoms with Crippen LogP contribution in [0.4, 0.5) is 9.18 Å². The van der Waals surface area contributed by atoms with Gasteiger partial charge >= 0.3 is 6.03 Å². The van der Waals surface area contributed by atoms with Crippen molar-refractivity contribution in [1.82, 2.24) is 20.9 Å². The SMILES string of the molecule is CCNC(=NCCCN1C(=O)NC(C)(CC)C1=O)NCCc1ccc(F)cc1C.I. The summed E-state index contributed by atoms with van der Waals surface area (Å²) in [4.78, 5) is 30.2. The largest absolute Gasteiger partial charge is 0.357 e. The Bertz CT molecular complexity index is 774. The lowest BCUT2D eigenvalue weighted by atomic mass is 9.99. The summed E-state index contributed by atoms with van der Waals surface area (Å²) in [6.07, 6.45) is 1.91. The van der Waals surface area contributed by atoms with Crippen molar-refractivity contribution < 1.29 is 14.0 Å². The summed E-state index contributed by atoms with van der Waals surface area (Å²) in [5, 5.41) is 9.20. The molecule has 0 spiro atoms. The molecular formula is C21H33FIN5O2. The van der Waals surface area contributed by atoms with Crippen LogP contribution >= 0.6 is 24.0 Å². The Morgan fingerprint density at radius 1 is 1.27 bits per heavy atom. The second-order valence-electron chi connectivity index (χ2n) is 7.43. The zero-order valence-electron chi connectivity index (χ0n) is 18.2. The van der Waals surface area contributed by atoms with E-state index >= 15 is 0 Å². The normalized spacial score (nSPS) is 18.8. The minimum absolute atomic E-state index is 0. The highest BCUT2D eigenvalue weighted by Gasteiger charge is 2.45. The fourth-order valence-corrected chi connectivity index (χ4v) is 3.21. The second-order valence-corrected chi connectivity index (χ2v) is 7.43. The number of carbonyl (C=O) groups is 2. The molecule has 168 valence electrons. The molecule has 1 unspecified atom stereocenters. The number of hydrogen-bond donors (Lipinski definition) is 3. The average molecular weight is 533 g/mol. The molecule has 1 aromatic rings. The molecule has 0 radical (unpaired) electrons. The van der Waals surface area contributed by atoms with Gasteiger partial charge in [-0.05, 0) is 63.3 Å². The Labute approximate surface area is 195 Å². The highest BCUT2D eigenvalue weighted by Crippen LogP contribution is 2.20. The number of imide groups is 1. The van der Waals surface area contributed by atoms with Gasteiger partial charge in [-0.1, -0.05) is 13.0 Å². The average Bonchev–Trinajstić information content (AvgIpc) is 2.90. The summed E-state index contributed by atoms with van der Waals surface area (Å²) >= 11 is 0. The van der Waals surface area contributed by atoms with Gasteiger partial charge in [-0.2, -0.15) is 0 Å². The minimum atomic E-state index is -0.796. The lowest BCUT2D eigenvalue weighted by Crippen LogP contribution is -2.43. The van der Waals surface area contributed by atoms with Crippen LogP contribution in [0.2, 0.25) is 0 Å². The number of aliphatic imine (C=N–C) groups is 1. The van der Waals surface area contributed by atoms with Gasteiger partial charge in [0.15, 0.2) is 5.96 Å². The number of hydrogen-bond acceptors (Lipinski definition) is 3. The predicted molar refractivity (Wildman–Crippen MR) is 128 cm³/mol. The molecule has 1 saturated heterocycles. The summed E-state index contributed by atoms with van der Waals surface area (Å²) in [6.45, 7) is 9.75. The maximum absolute atomic E-state index is 13.2. The van der Waals surface area contributed by atoms with Crippen LogP contribution in [0.15, 0.2) is 23.2 Å². The van der Waals surface area contributed by atoms with Crippen LogP contribution < -0.4 is 16.0 Å². The molecule has 1 fully saturated rings. The van der Waals surface area contributed by atoms with Crippen LogP contribution in [0.5, 0.6) is 0 Å². The first-order valence-electron chi connectivity index (χ1n) is 10.2. The molecule has 1 heterocycles. The summed E-state index contributed by atoms with van der Waals surface area (Å²) in [5.41, 5.74) is 1.23. The monoisotopic (exact) mass is 533 g/mol. The third kappa shape index (κ3) is 6.82. The van der Waals surface area contributed by atoms with Gasteiger partial charge in [-0.25, -0.2) is 9.18 Å². The van der Waals surface area contributed by atoms with Crippen molar-refractivity contribution >= 4 is 41.9 Å². The number of guanidine groups is 1. The van der Waals surface area contributed by atoms with Crippen LogP contribution in [0, 0.1) is 12.7 Å². The van der Waals surface area contributed by atoms with Crippen LogP contribution in [0.25, 0.3) is 0 Å². The lowest BCUT2D eigenvalue weighted by molar-refractivity contribution is -0.130. The number of nitrogens with one attached hydrogen (secondary N) is 3. The molecule has 1 aromatic carbocycles. The Morgan fingerprint density at radius 2 is 2.00 bits per heavy atom. The van der Waals surface area contributed by atoms with Crippen molar-refractivity contribution in [3.8, 4) is 0 Å². The third-order valence-corrected chi connectivity index (χ3v) is 5.20. The number of carbonyl (C=O) groups excluding carboxylic acids is 2. The van der Waals surface area contributed by atoms with Gasteiger partial charge in [-0.3, -0.25) is 14.7 Å². The quantitative estimate of drug-likeness (QED) is 0.150. The summed E-state index contributed by atoms with van der Waals surface area (Å²) in [5.74, 6) is 0.287. The number of urea groups is 1. The van der Waals surface area contributed by atoms with Crippen LogP contribution in [0.3, 0.4) is 0 Å². The van der Waals surface area contributed by atoms with Crippen molar-refractivity contribution in [3.05, 3.63) is 35.1 Å². The molecule has 1 aliphatic rings. The summed E-state index contributed by atoms with van der Waals surface area (Å²) < 4.78 is 13.2. The molecule has 3 amide bonds. The Morgan fingerprint density at radius 3 is 2.60 bits per heavy atom. The van der Waals surface area contributed by atoms with Crippen molar-refractivity contribution in [2.24, 2.45) is 4.99 Å². The Hall–Kier alpha value is -1.91. The van der Waals surface area contributed by atoms with E-state index in [4.69, 9.17) is 0 Å². The second kappa shape index (κ2) is 12.1. The van der Waals surface area contributed by atoms with Gasteiger partial charge in [0.2, 0.25) is 0 Å². The molecule has 0 saturated carbocycles. The summed E-state index contributed by atoms with van der Waals surface area (Å²) in [7, 11) is 0. The van der Waals surface area contributed by atoms with Crippen molar-refractivity contribution in [2.45, 2.75) is 52.5 Å². The first kappa shape index (κ1) is 26.1. The number of rotatable bonds is 9. The molecule has 0 aliphatic carbocycles. The van der Waals surface area contributed by atoms with Crippen molar-refractivity contribution in [1.29, 1.82) is 0 Å². The molecule has 1 atom stereocenters. The highest BCUT2D eigenvalue weighted by atomic mass is 127. The lowest BCUT2D eigenvalue weighted by Gasteiger charge is -2.19. The molecule has 30 heavy (non-hydrogen) atoms. The van der Waals surface area contributed by atoms with E-state index < -0.39 is 5.54 Å². The van der Waals surface area contributed by atoms with Gasteiger partial charge < -0.3 is 16.0 Å². The first-order valence-corrected chi connectivity index (χ1v) is 10.2. The molecule has 9 heteroatoms. The fourth-order valence-electron chi connectivity index (χ4n) is 3.21. The number of amides is 3. The Balaban J connectivity index is 0.00000450. The fraction of sp³-hybridized carbons (Fsp3) is 0.571. The number of aryl methyl sites for hydroxylation is 1. The maximum atomic E-state index is 13.2. The number of halogens is 2. The van der Waals surface area contributed by atoms with E-state index in [0.29, 0.717) is 38.4 Å². The predicted octanol–water partition coefficient (Wildman–Crippen LogP) is 2.96. The number of nitrogens with zero attached hydrogens (tertiary/aromatic N) is 2. The number of benzene rings is 1. The van der Waals surface area contributed by atoms with E-state index in [2.05, 4.69) is 20.9 Å². The minimum Gasteiger partial charge on any atom is -0.357 e. The van der Waals surface area contributed by atoms with E-state index in [9.17, 15) is 14.0 Å². The van der Waals surface area contributed by atoms with Crippen LogP contribution in [0.1, 0.15) is 44.7 Å². The van der Waals surface area contributed by atoms with Crippen LogP contribution in [-0.4, -0.2) is 54.5 Å². The van der Waals surface area contributed by atoms with Gasteiger partial charge in [-0.15, -0.1) is 24.0 Å². The van der Waals surface area contributed by atoms with E-state index in [1.807, 2.05) is 20.8 Å². The molecule has 3 N–H and O–H groups in total. The van der Waals surface area contributed by atoms with Gasteiger partial charge in [0.1, 0.15) is 11.4 Å². The third-order valence-electron chi connectivity index (χ3n) is 5.20. The Kier molecular flexibility index (Phi) is 10.5. The zero-order chi connectivity index (χ0) is 21.4. The van der Waals surface area contributed by atoms with Gasteiger partial charge in [0.25, 0.3) is 5.91 Å². The van der Waals surface area contributed by atoms with E-state index in [0.717, 1.165) is 24.1 Å². The smallest absolute Gasteiger partial charge is 0.325 e. The first-order chi connectivity index (χ1) is 13.8. The molecule has 2 rings (SSSR count). The van der Waals surface area contributed by atoms with Gasteiger partial charge in [0, 0.05) is 26.2 Å². The molecular weight excluding hydrogens is 500 g/mol. The topological polar surface area (TPSA) is 85.8 Å². The molecule has 7 nitrogen and oxygen atoms in total. The highest BCUT2D eigenvalue weighted by molar-refractivity contribution is 14.0. The summed E-state index contributed by atoms with van der Waals surface area (Å²) in [6, 6.07) is 4.48. The van der Waals surface area contributed by atoms with E-state index in [1.54, 1.807) is 13.0 Å². The van der Waals surface area contributed by atoms with E-state index in [-0.39, 0.29) is 41.7 Å². The van der Waals surface area contributed by atoms with E-state index in [1.165, 1.54) is 17.0 Å².